The molecule has 24 heavy (non-hydrogen) atoms. The molecule has 2 N–H and O–H groups in total. The lowest BCUT2D eigenvalue weighted by Crippen LogP contribution is -2.16. The number of nitrogens with one attached hydrogen (secondary N) is 2. The molecule has 0 aliphatic rings. The fourth-order valence-electron chi connectivity index (χ4n) is 2.09. The van der Waals surface area contributed by atoms with Crippen LogP contribution in [0.1, 0.15) is 13.3 Å². The summed E-state index contributed by atoms with van der Waals surface area (Å²) in [5.41, 5.74) is 1.52. The summed E-state index contributed by atoms with van der Waals surface area (Å²) in [6, 6.07) is 8.79. The van der Waals surface area contributed by atoms with Crippen molar-refractivity contribution in [1.82, 2.24) is 4.98 Å². The van der Waals surface area contributed by atoms with Gasteiger partial charge < -0.3 is 14.8 Å². The van der Waals surface area contributed by atoms with E-state index in [-0.39, 0.29) is 5.75 Å². The summed E-state index contributed by atoms with van der Waals surface area (Å²) < 4.78 is 36.3. The Kier molecular flexibility index (Phi) is 5.86. The highest BCUT2D eigenvalue weighted by atomic mass is 32.2. The highest BCUT2D eigenvalue weighted by Crippen LogP contribution is 2.31. The Hall–Kier alpha value is -2.48. The van der Waals surface area contributed by atoms with Crippen LogP contribution in [-0.2, 0) is 10.0 Å². The topological polar surface area (TPSA) is 89.6 Å². The average Bonchev–Trinajstić information content (AvgIpc) is 2.56. The smallest absolute Gasteiger partial charge is 0.233 e. The minimum Gasteiger partial charge on any atom is -0.493 e. The van der Waals surface area contributed by atoms with Crippen molar-refractivity contribution in [2.75, 3.05) is 30.0 Å². The van der Waals surface area contributed by atoms with Crippen LogP contribution in [0.2, 0.25) is 0 Å². The molecule has 0 fully saturated rings. The van der Waals surface area contributed by atoms with Crippen LogP contribution >= 0.6 is 0 Å². The van der Waals surface area contributed by atoms with Gasteiger partial charge in [0, 0.05) is 11.8 Å². The number of methoxy groups -OCH3 is 2. The minimum atomic E-state index is -3.34. The van der Waals surface area contributed by atoms with Gasteiger partial charge in [-0.25, -0.2) is 13.4 Å². The number of nitrogens with zero attached hydrogens (tertiary/aromatic N) is 1. The molecular weight excluding hydrogens is 330 g/mol. The predicted octanol–water partition coefficient (Wildman–Crippen LogP) is 2.99. The molecule has 0 unspecified atom stereocenters. The van der Waals surface area contributed by atoms with E-state index in [1.54, 1.807) is 44.7 Å². The number of hydrogen-bond donors (Lipinski definition) is 2. The quantitative estimate of drug-likeness (QED) is 0.760. The molecule has 0 aliphatic carbocycles. The number of aromatic nitrogens is 1. The molecule has 7 nitrogen and oxygen atoms in total. The number of sulfonamides is 1. The first-order chi connectivity index (χ1) is 11.5. The fraction of sp³-hybridized carbons (Fsp3) is 0.312. The van der Waals surface area contributed by atoms with Crippen molar-refractivity contribution >= 4 is 27.2 Å². The lowest BCUT2D eigenvalue weighted by atomic mass is 10.2. The molecular formula is C16H21N3O4S. The molecule has 0 amide bonds. The zero-order chi connectivity index (χ0) is 17.6. The standard InChI is InChI=1S/C16H21N3O4S/c1-4-9-24(20,21)19-16-8-6-13(11-17-16)18-12-5-7-14(22-2)15(10-12)23-3/h5-8,10-11,18H,4,9H2,1-3H3,(H,17,19). The summed E-state index contributed by atoms with van der Waals surface area (Å²) in [5.74, 6) is 1.61. The second kappa shape index (κ2) is 7.87. The zero-order valence-electron chi connectivity index (χ0n) is 13.9. The first kappa shape index (κ1) is 17.9. The summed E-state index contributed by atoms with van der Waals surface area (Å²) in [5, 5.41) is 3.17. The van der Waals surface area contributed by atoms with Crippen molar-refractivity contribution in [3.8, 4) is 11.5 Å². The van der Waals surface area contributed by atoms with Crippen molar-refractivity contribution in [2.45, 2.75) is 13.3 Å². The van der Waals surface area contributed by atoms with Gasteiger partial charge in [0.1, 0.15) is 5.82 Å². The van der Waals surface area contributed by atoms with Crippen LogP contribution in [0.3, 0.4) is 0 Å². The van der Waals surface area contributed by atoms with E-state index in [0.717, 1.165) is 11.4 Å². The number of rotatable bonds is 8. The van der Waals surface area contributed by atoms with Crippen LogP contribution in [0.15, 0.2) is 36.5 Å². The molecule has 0 spiro atoms. The van der Waals surface area contributed by atoms with Gasteiger partial charge in [-0.05, 0) is 30.7 Å². The summed E-state index contributed by atoms with van der Waals surface area (Å²) in [4.78, 5) is 4.11. The third-order valence-electron chi connectivity index (χ3n) is 3.17. The first-order valence-corrected chi connectivity index (χ1v) is 9.08. The Bertz CT molecular complexity index is 776. The van der Waals surface area contributed by atoms with E-state index in [9.17, 15) is 8.42 Å². The largest absolute Gasteiger partial charge is 0.493 e. The summed E-state index contributed by atoms with van der Waals surface area (Å²) in [6.45, 7) is 1.81. The molecule has 2 rings (SSSR count). The van der Waals surface area contributed by atoms with Gasteiger partial charge >= 0.3 is 0 Å². The third-order valence-corrected chi connectivity index (χ3v) is 4.63. The molecule has 1 heterocycles. The lowest BCUT2D eigenvalue weighted by molar-refractivity contribution is 0.355. The van der Waals surface area contributed by atoms with Gasteiger partial charge in [0.15, 0.2) is 11.5 Å². The predicted molar refractivity (Wildman–Crippen MR) is 94.8 cm³/mol. The Morgan fingerprint density at radius 1 is 1.04 bits per heavy atom. The highest BCUT2D eigenvalue weighted by molar-refractivity contribution is 7.92. The number of anilines is 3. The van der Waals surface area contributed by atoms with Crippen molar-refractivity contribution in [2.24, 2.45) is 0 Å². The van der Waals surface area contributed by atoms with Gasteiger partial charge in [0.2, 0.25) is 10.0 Å². The average molecular weight is 351 g/mol. The summed E-state index contributed by atoms with van der Waals surface area (Å²) in [7, 11) is -0.190. The number of pyridine rings is 1. The van der Waals surface area contributed by atoms with E-state index in [1.807, 2.05) is 13.0 Å². The maximum absolute atomic E-state index is 11.7. The van der Waals surface area contributed by atoms with Gasteiger partial charge in [-0.15, -0.1) is 0 Å². The molecule has 0 atom stereocenters. The highest BCUT2D eigenvalue weighted by Gasteiger charge is 2.09. The van der Waals surface area contributed by atoms with E-state index in [1.165, 1.54) is 0 Å². The molecule has 1 aromatic carbocycles. The van der Waals surface area contributed by atoms with E-state index >= 15 is 0 Å². The summed E-state index contributed by atoms with van der Waals surface area (Å²) >= 11 is 0. The molecule has 2 aromatic rings. The monoisotopic (exact) mass is 351 g/mol. The van der Waals surface area contributed by atoms with Crippen LogP contribution in [0.4, 0.5) is 17.2 Å². The molecule has 1 aromatic heterocycles. The molecule has 0 saturated carbocycles. The SMILES string of the molecule is CCCS(=O)(=O)Nc1ccc(Nc2ccc(OC)c(OC)c2)cn1. The number of ether oxygens (including phenoxy) is 2. The molecule has 8 heteroatoms. The van der Waals surface area contributed by atoms with Crippen molar-refractivity contribution in [3.63, 3.8) is 0 Å². The van der Waals surface area contributed by atoms with E-state index < -0.39 is 10.0 Å². The van der Waals surface area contributed by atoms with Crippen LogP contribution in [0.5, 0.6) is 11.5 Å². The lowest BCUT2D eigenvalue weighted by Gasteiger charge is -2.12. The van der Waals surface area contributed by atoms with Crippen LogP contribution < -0.4 is 19.5 Å². The van der Waals surface area contributed by atoms with Gasteiger partial charge in [0.25, 0.3) is 0 Å². The normalized spacial score (nSPS) is 11.0. The molecule has 0 bridgehead atoms. The second-order valence-electron chi connectivity index (χ2n) is 5.05. The van der Waals surface area contributed by atoms with E-state index in [2.05, 4.69) is 15.0 Å². The van der Waals surface area contributed by atoms with Gasteiger partial charge in [-0.3, -0.25) is 4.72 Å². The first-order valence-electron chi connectivity index (χ1n) is 7.43. The van der Waals surface area contributed by atoms with Crippen molar-refractivity contribution in [3.05, 3.63) is 36.5 Å². The van der Waals surface area contributed by atoms with Gasteiger partial charge in [-0.1, -0.05) is 6.92 Å². The van der Waals surface area contributed by atoms with Crippen molar-refractivity contribution < 1.29 is 17.9 Å². The van der Waals surface area contributed by atoms with Crippen molar-refractivity contribution in [1.29, 1.82) is 0 Å². The van der Waals surface area contributed by atoms with Crippen LogP contribution in [0, 0.1) is 0 Å². The Balaban J connectivity index is 2.09. The zero-order valence-corrected chi connectivity index (χ0v) is 14.7. The fourth-order valence-corrected chi connectivity index (χ4v) is 3.17. The number of benzene rings is 1. The molecule has 0 aliphatic heterocycles. The van der Waals surface area contributed by atoms with Crippen LogP contribution in [0.25, 0.3) is 0 Å². The maximum Gasteiger partial charge on any atom is 0.233 e. The Morgan fingerprint density at radius 3 is 2.33 bits per heavy atom. The van der Waals surface area contributed by atoms with Gasteiger partial charge in [0.05, 0.1) is 31.9 Å². The van der Waals surface area contributed by atoms with Crippen LogP contribution in [-0.4, -0.2) is 33.4 Å². The molecule has 0 radical (unpaired) electrons. The number of hydrogen-bond acceptors (Lipinski definition) is 6. The van der Waals surface area contributed by atoms with Gasteiger partial charge in [-0.2, -0.15) is 0 Å². The molecule has 130 valence electrons. The Labute approximate surface area is 142 Å². The van der Waals surface area contributed by atoms with E-state index in [0.29, 0.717) is 23.7 Å². The second-order valence-corrected chi connectivity index (χ2v) is 6.89. The van der Waals surface area contributed by atoms with E-state index in [4.69, 9.17) is 9.47 Å². The maximum atomic E-state index is 11.7. The summed E-state index contributed by atoms with van der Waals surface area (Å²) in [6.07, 6.45) is 2.11. The minimum absolute atomic E-state index is 0.0698. The Morgan fingerprint density at radius 2 is 1.75 bits per heavy atom. The molecule has 0 saturated heterocycles. The third kappa shape index (κ3) is 4.76.